The summed E-state index contributed by atoms with van der Waals surface area (Å²) in [6.07, 6.45) is -0.427. The van der Waals surface area contributed by atoms with Gasteiger partial charge in [0.05, 0.1) is 27.1 Å². The van der Waals surface area contributed by atoms with Crippen molar-refractivity contribution in [1.29, 1.82) is 0 Å². The highest BCUT2D eigenvalue weighted by Crippen LogP contribution is 2.27. The van der Waals surface area contributed by atoms with Crippen LogP contribution in [0.25, 0.3) is 10.4 Å². The molecule has 1 aliphatic heterocycles. The lowest BCUT2D eigenvalue weighted by atomic mass is 10.1. The number of β-amino-alcohol motifs (C(OH)–C–C–N with tert-alkyl or cyclic N) is 1. The normalized spacial score (nSPS) is 18.8. The molecule has 29 heavy (non-hydrogen) atoms. The molecule has 0 spiro atoms. The van der Waals surface area contributed by atoms with Crippen LogP contribution in [0, 0.1) is 6.92 Å². The number of thiophene rings is 1. The number of nitrogens with zero attached hydrogens (tertiary/aromatic N) is 2. The molecule has 1 aromatic carbocycles. The average Bonchev–Trinajstić information content (AvgIpc) is 3.47. The molecule has 0 aliphatic carbocycles. The SMILES string of the molecule is Cc1ncsc1-c1ccc(CNC(=O)C2CC(O)CN2C(=O)c2cccs2)cc1. The van der Waals surface area contributed by atoms with E-state index in [1.54, 1.807) is 23.5 Å². The van der Waals surface area contributed by atoms with E-state index in [4.69, 9.17) is 0 Å². The molecular formula is C21H21N3O3S2. The van der Waals surface area contributed by atoms with Crippen LogP contribution in [0.2, 0.25) is 0 Å². The van der Waals surface area contributed by atoms with Gasteiger partial charge in [0.25, 0.3) is 5.91 Å². The first kappa shape index (κ1) is 19.8. The van der Waals surface area contributed by atoms with Crippen LogP contribution in [0.5, 0.6) is 0 Å². The van der Waals surface area contributed by atoms with E-state index in [-0.39, 0.29) is 24.8 Å². The van der Waals surface area contributed by atoms with Gasteiger partial charge in [-0.15, -0.1) is 22.7 Å². The minimum Gasteiger partial charge on any atom is -0.391 e. The predicted molar refractivity (Wildman–Crippen MR) is 114 cm³/mol. The summed E-state index contributed by atoms with van der Waals surface area (Å²) in [5.74, 6) is -0.449. The van der Waals surface area contributed by atoms with Crippen molar-refractivity contribution in [3.8, 4) is 10.4 Å². The summed E-state index contributed by atoms with van der Waals surface area (Å²) >= 11 is 2.94. The summed E-state index contributed by atoms with van der Waals surface area (Å²) < 4.78 is 0. The van der Waals surface area contributed by atoms with Gasteiger partial charge in [0.2, 0.25) is 5.91 Å². The Morgan fingerprint density at radius 2 is 2.03 bits per heavy atom. The third kappa shape index (κ3) is 4.24. The van der Waals surface area contributed by atoms with Crippen molar-refractivity contribution in [3.05, 3.63) is 63.4 Å². The van der Waals surface area contributed by atoms with Gasteiger partial charge in [-0.05, 0) is 29.5 Å². The van der Waals surface area contributed by atoms with Crippen LogP contribution in [-0.4, -0.2) is 45.5 Å². The monoisotopic (exact) mass is 427 g/mol. The first-order valence-electron chi connectivity index (χ1n) is 9.32. The van der Waals surface area contributed by atoms with Gasteiger partial charge in [-0.25, -0.2) is 4.98 Å². The van der Waals surface area contributed by atoms with Crippen LogP contribution in [0.15, 0.2) is 47.3 Å². The number of amides is 2. The number of aryl methyl sites for hydroxylation is 1. The van der Waals surface area contributed by atoms with Crippen LogP contribution >= 0.6 is 22.7 Å². The van der Waals surface area contributed by atoms with E-state index >= 15 is 0 Å². The lowest BCUT2D eigenvalue weighted by Gasteiger charge is -2.23. The fraction of sp³-hybridized carbons (Fsp3) is 0.286. The Bertz CT molecular complexity index is 999. The number of aromatic nitrogens is 1. The summed E-state index contributed by atoms with van der Waals surface area (Å²) in [6, 6.07) is 10.9. The van der Waals surface area contributed by atoms with Crippen LogP contribution in [-0.2, 0) is 11.3 Å². The number of nitrogens with one attached hydrogen (secondary N) is 1. The molecule has 0 bridgehead atoms. The molecule has 3 aromatic rings. The van der Waals surface area contributed by atoms with Gasteiger partial charge in [-0.3, -0.25) is 9.59 Å². The number of thiazole rings is 1. The largest absolute Gasteiger partial charge is 0.391 e. The molecule has 1 saturated heterocycles. The molecule has 0 radical (unpaired) electrons. The van der Waals surface area contributed by atoms with E-state index in [0.29, 0.717) is 11.4 Å². The maximum absolute atomic E-state index is 12.7. The third-order valence-corrected chi connectivity index (χ3v) is 6.84. The van der Waals surface area contributed by atoms with Crippen molar-refractivity contribution in [2.45, 2.75) is 32.0 Å². The van der Waals surface area contributed by atoms with Crippen molar-refractivity contribution >= 4 is 34.5 Å². The van der Waals surface area contributed by atoms with Crippen molar-refractivity contribution < 1.29 is 14.7 Å². The smallest absolute Gasteiger partial charge is 0.264 e. The van der Waals surface area contributed by atoms with Crippen LogP contribution in [0.1, 0.15) is 27.3 Å². The second-order valence-corrected chi connectivity index (χ2v) is 8.82. The standard InChI is InChI=1S/C21H21N3O3S2/c1-13-19(29-12-23-13)15-6-4-14(5-7-15)10-22-20(26)17-9-16(25)11-24(17)21(27)18-3-2-8-28-18/h2-8,12,16-17,25H,9-11H2,1H3,(H,22,26). The molecular weight excluding hydrogens is 406 g/mol. The van der Waals surface area contributed by atoms with Gasteiger partial charge in [0.15, 0.2) is 0 Å². The van der Waals surface area contributed by atoms with Crippen molar-refractivity contribution in [3.63, 3.8) is 0 Å². The first-order valence-corrected chi connectivity index (χ1v) is 11.1. The number of hydrogen-bond donors (Lipinski definition) is 2. The molecule has 1 fully saturated rings. The Morgan fingerprint density at radius 3 is 2.69 bits per heavy atom. The van der Waals surface area contributed by atoms with E-state index in [0.717, 1.165) is 21.7 Å². The Hall–Kier alpha value is -2.55. The lowest BCUT2D eigenvalue weighted by molar-refractivity contribution is -0.125. The Morgan fingerprint density at radius 1 is 1.24 bits per heavy atom. The molecule has 6 nitrogen and oxygen atoms in total. The number of carbonyl (C=O) groups excluding carboxylic acids is 2. The molecule has 2 amide bonds. The predicted octanol–water partition coefficient (Wildman–Crippen LogP) is 3.07. The van der Waals surface area contributed by atoms with E-state index in [9.17, 15) is 14.7 Å². The second-order valence-electron chi connectivity index (χ2n) is 7.02. The fourth-order valence-corrected chi connectivity index (χ4v) is 4.98. The fourth-order valence-electron chi connectivity index (χ4n) is 3.49. The quantitative estimate of drug-likeness (QED) is 0.656. The Labute approximate surface area is 176 Å². The van der Waals surface area contributed by atoms with Gasteiger partial charge >= 0.3 is 0 Å². The summed E-state index contributed by atoms with van der Waals surface area (Å²) in [6.45, 7) is 2.53. The van der Waals surface area contributed by atoms with Crippen LogP contribution < -0.4 is 5.32 Å². The molecule has 3 heterocycles. The average molecular weight is 428 g/mol. The van der Waals surface area contributed by atoms with E-state index in [2.05, 4.69) is 10.3 Å². The van der Waals surface area contributed by atoms with Crippen molar-refractivity contribution in [1.82, 2.24) is 15.2 Å². The Balaban J connectivity index is 1.39. The van der Waals surface area contributed by atoms with E-state index in [1.807, 2.05) is 42.1 Å². The highest BCUT2D eigenvalue weighted by Gasteiger charge is 2.39. The number of rotatable bonds is 5. The molecule has 2 atom stereocenters. The van der Waals surface area contributed by atoms with E-state index in [1.165, 1.54) is 16.2 Å². The van der Waals surface area contributed by atoms with Gasteiger partial charge in [-0.2, -0.15) is 0 Å². The van der Waals surface area contributed by atoms with Gasteiger partial charge in [0, 0.05) is 19.5 Å². The number of carbonyl (C=O) groups is 2. The summed E-state index contributed by atoms with van der Waals surface area (Å²) in [5, 5.41) is 14.8. The zero-order chi connectivity index (χ0) is 20.4. The number of aliphatic hydroxyl groups is 1. The number of aliphatic hydroxyl groups excluding tert-OH is 1. The molecule has 0 saturated carbocycles. The maximum atomic E-state index is 12.7. The van der Waals surface area contributed by atoms with Gasteiger partial charge < -0.3 is 15.3 Å². The lowest BCUT2D eigenvalue weighted by Crippen LogP contribution is -2.45. The molecule has 4 rings (SSSR count). The van der Waals surface area contributed by atoms with Gasteiger partial charge in [-0.1, -0.05) is 30.3 Å². The minimum absolute atomic E-state index is 0.178. The highest BCUT2D eigenvalue weighted by molar-refractivity contribution is 7.13. The van der Waals surface area contributed by atoms with Crippen molar-refractivity contribution in [2.24, 2.45) is 0 Å². The van der Waals surface area contributed by atoms with Gasteiger partial charge in [0.1, 0.15) is 6.04 Å². The first-order chi connectivity index (χ1) is 14.0. The zero-order valence-electron chi connectivity index (χ0n) is 15.9. The molecule has 2 N–H and O–H groups in total. The number of benzene rings is 1. The summed E-state index contributed by atoms with van der Waals surface area (Å²) in [5.41, 5.74) is 4.91. The molecule has 1 aliphatic rings. The highest BCUT2D eigenvalue weighted by atomic mass is 32.1. The third-order valence-electron chi connectivity index (χ3n) is 5.00. The Kier molecular flexibility index (Phi) is 5.75. The maximum Gasteiger partial charge on any atom is 0.264 e. The molecule has 8 heteroatoms. The van der Waals surface area contributed by atoms with Crippen LogP contribution in [0.3, 0.4) is 0 Å². The minimum atomic E-state index is -0.684. The number of hydrogen-bond acceptors (Lipinski definition) is 6. The van der Waals surface area contributed by atoms with Crippen LogP contribution in [0.4, 0.5) is 0 Å². The zero-order valence-corrected chi connectivity index (χ0v) is 17.5. The molecule has 2 aromatic heterocycles. The molecule has 2 unspecified atom stereocenters. The summed E-state index contributed by atoms with van der Waals surface area (Å²) in [7, 11) is 0. The number of likely N-dealkylation sites (tertiary alicyclic amines) is 1. The van der Waals surface area contributed by atoms with E-state index < -0.39 is 12.1 Å². The summed E-state index contributed by atoms with van der Waals surface area (Å²) in [4.78, 5) is 32.9. The second kappa shape index (κ2) is 8.44. The molecule has 150 valence electrons. The van der Waals surface area contributed by atoms with Crippen molar-refractivity contribution in [2.75, 3.05) is 6.54 Å². The topological polar surface area (TPSA) is 82.5 Å².